The number of thiophene rings is 1. The average Bonchev–Trinajstić information content (AvgIpc) is 3.58. The molecule has 11 nitrogen and oxygen atoms in total. The maximum atomic E-state index is 15.8. The normalized spacial score (nSPS) is 11.4. The van der Waals surface area contributed by atoms with E-state index in [1.807, 2.05) is 0 Å². The standard InChI is InChI=1S/C32H23F5N2O9S/c1-39(2)27(41)23-21(38-26(40)19-7-4-3-6-18(19)16-9-11-17(12-10-16)32(35,36)37)14-20(33)25(24(23)34)48-30(46)47-15-31(28(42)43,29(44)45)22-8-5-13-49-22/h3-14H,15H2,1-2H3,(H,38,40)(H,42,43)(H,44,45). The number of rotatable bonds is 10. The molecule has 0 saturated carbocycles. The molecule has 4 aromatic rings. The molecule has 0 bridgehead atoms. The predicted octanol–water partition coefficient (Wildman–Crippen LogP) is 6.29. The van der Waals surface area contributed by atoms with E-state index in [2.05, 4.69) is 14.8 Å². The van der Waals surface area contributed by atoms with Crippen molar-refractivity contribution in [3.8, 4) is 16.9 Å². The molecule has 0 atom stereocenters. The van der Waals surface area contributed by atoms with E-state index in [0.717, 1.165) is 46.6 Å². The van der Waals surface area contributed by atoms with Crippen LogP contribution in [0.1, 0.15) is 31.2 Å². The Labute approximate surface area is 277 Å². The molecule has 1 heterocycles. The SMILES string of the molecule is CN(C)C(=O)c1c(NC(=O)c2ccccc2-c2ccc(C(F)(F)F)cc2)cc(F)c(OC(=O)OCC(C(=O)O)(C(=O)O)c2cccs2)c1F. The number of hydrogen-bond donors (Lipinski definition) is 3. The van der Waals surface area contributed by atoms with Gasteiger partial charge in [0.1, 0.15) is 12.2 Å². The van der Waals surface area contributed by atoms with Gasteiger partial charge in [-0.15, -0.1) is 11.3 Å². The molecule has 0 aliphatic rings. The van der Waals surface area contributed by atoms with Crippen molar-refractivity contribution < 1.29 is 65.6 Å². The highest BCUT2D eigenvalue weighted by Crippen LogP contribution is 2.35. The molecule has 2 amide bonds. The molecule has 0 fully saturated rings. The smallest absolute Gasteiger partial charge is 0.480 e. The Bertz CT molecular complexity index is 1910. The minimum atomic E-state index is -4.61. The monoisotopic (exact) mass is 706 g/mol. The van der Waals surface area contributed by atoms with Crippen LogP contribution >= 0.6 is 11.3 Å². The number of nitrogens with one attached hydrogen (secondary N) is 1. The molecule has 17 heteroatoms. The van der Waals surface area contributed by atoms with Crippen molar-refractivity contribution in [1.29, 1.82) is 0 Å². The van der Waals surface area contributed by atoms with Gasteiger partial charge in [0.25, 0.3) is 11.8 Å². The van der Waals surface area contributed by atoms with E-state index >= 15 is 8.78 Å². The number of carboxylic acid groups (broad SMARTS) is 2. The number of nitrogens with zero attached hydrogens (tertiary/aromatic N) is 1. The van der Waals surface area contributed by atoms with Crippen LogP contribution in [0.2, 0.25) is 0 Å². The Balaban J connectivity index is 1.66. The molecule has 0 spiro atoms. The van der Waals surface area contributed by atoms with Gasteiger partial charge >= 0.3 is 24.3 Å². The van der Waals surface area contributed by atoms with Gasteiger partial charge in [-0.2, -0.15) is 13.2 Å². The number of carbonyl (C=O) groups is 5. The van der Waals surface area contributed by atoms with E-state index in [-0.39, 0.29) is 21.6 Å². The second-order valence-corrected chi connectivity index (χ2v) is 11.3. The van der Waals surface area contributed by atoms with E-state index in [1.165, 1.54) is 49.8 Å². The molecule has 0 aliphatic heterocycles. The average molecular weight is 707 g/mol. The van der Waals surface area contributed by atoms with Crippen LogP contribution in [0.3, 0.4) is 0 Å². The van der Waals surface area contributed by atoms with Crippen LogP contribution in [-0.4, -0.2) is 65.7 Å². The Hall–Kier alpha value is -5.84. The van der Waals surface area contributed by atoms with Gasteiger partial charge < -0.3 is 29.9 Å². The van der Waals surface area contributed by atoms with E-state index < -0.39 is 82.3 Å². The molecular weight excluding hydrogens is 683 g/mol. The lowest BCUT2D eigenvalue weighted by Crippen LogP contribution is -2.47. The van der Waals surface area contributed by atoms with Crippen LogP contribution in [0.15, 0.2) is 72.1 Å². The van der Waals surface area contributed by atoms with Gasteiger partial charge in [0, 0.05) is 30.6 Å². The molecule has 0 unspecified atom stereocenters. The highest BCUT2D eigenvalue weighted by Gasteiger charge is 2.51. The first kappa shape index (κ1) is 36.0. The number of amides is 2. The van der Waals surface area contributed by atoms with Crippen LogP contribution in [-0.2, 0) is 25.9 Å². The molecule has 256 valence electrons. The summed E-state index contributed by atoms with van der Waals surface area (Å²) in [5.41, 5.74) is -5.26. The largest absolute Gasteiger partial charge is 0.514 e. The highest BCUT2D eigenvalue weighted by atomic mass is 32.1. The van der Waals surface area contributed by atoms with E-state index in [0.29, 0.717) is 6.07 Å². The van der Waals surface area contributed by atoms with Crippen LogP contribution in [0.25, 0.3) is 11.1 Å². The summed E-state index contributed by atoms with van der Waals surface area (Å²) in [4.78, 5) is 63.4. The number of hydrogen-bond acceptors (Lipinski definition) is 8. The Morgan fingerprint density at radius 1 is 0.898 bits per heavy atom. The third-order valence-electron chi connectivity index (χ3n) is 7.00. The molecule has 3 aromatic carbocycles. The Kier molecular flexibility index (Phi) is 10.4. The third kappa shape index (κ3) is 7.35. The highest BCUT2D eigenvalue weighted by molar-refractivity contribution is 7.10. The maximum Gasteiger partial charge on any atom is 0.514 e. The Morgan fingerprint density at radius 3 is 2.08 bits per heavy atom. The molecule has 0 saturated heterocycles. The minimum absolute atomic E-state index is 0.138. The molecule has 3 N–H and O–H groups in total. The molecule has 4 rings (SSSR count). The number of aliphatic carboxylic acids is 2. The van der Waals surface area contributed by atoms with Crippen LogP contribution < -0.4 is 10.1 Å². The first-order chi connectivity index (χ1) is 23.0. The number of alkyl halides is 3. The van der Waals surface area contributed by atoms with Crippen LogP contribution in [0.4, 0.5) is 32.4 Å². The minimum Gasteiger partial charge on any atom is -0.480 e. The summed E-state index contributed by atoms with van der Waals surface area (Å²) in [5, 5.41) is 22.9. The fourth-order valence-electron chi connectivity index (χ4n) is 4.49. The van der Waals surface area contributed by atoms with Crippen molar-refractivity contribution in [3.05, 3.63) is 105 Å². The first-order valence-electron chi connectivity index (χ1n) is 13.7. The van der Waals surface area contributed by atoms with E-state index in [1.54, 1.807) is 0 Å². The van der Waals surface area contributed by atoms with Gasteiger partial charge in [-0.05, 0) is 40.8 Å². The summed E-state index contributed by atoms with van der Waals surface area (Å²) >= 11 is 0.729. The summed E-state index contributed by atoms with van der Waals surface area (Å²) in [6.07, 6.45) is -6.54. The summed E-state index contributed by atoms with van der Waals surface area (Å²) < 4.78 is 79.5. The lowest BCUT2D eigenvalue weighted by Gasteiger charge is -2.23. The zero-order valence-electron chi connectivity index (χ0n) is 25.1. The lowest BCUT2D eigenvalue weighted by atomic mass is 9.87. The van der Waals surface area contributed by atoms with Gasteiger partial charge in [0.15, 0.2) is 11.6 Å². The van der Waals surface area contributed by atoms with Gasteiger partial charge in [-0.1, -0.05) is 36.4 Å². The van der Waals surface area contributed by atoms with E-state index in [4.69, 9.17) is 0 Å². The van der Waals surface area contributed by atoms with Crippen molar-refractivity contribution in [2.45, 2.75) is 11.6 Å². The topological polar surface area (TPSA) is 160 Å². The first-order valence-corrected chi connectivity index (χ1v) is 14.5. The molecule has 49 heavy (non-hydrogen) atoms. The summed E-state index contributed by atoms with van der Waals surface area (Å²) in [5.74, 6) is -10.9. The number of carbonyl (C=O) groups excluding carboxylic acids is 3. The number of halogens is 5. The van der Waals surface area contributed by atoms with Crippen molar-refractivity contribution in [1.82, 2.24) is 4.90 Å². The second-order valence-electron chi connectivity index (χ2n) is 10.3. The van der Waals surface area contributed by atoms with Gasteiger partial charge in [-0.3, -0.25) is 19.2 Å². The van der Waals surface area contributed by atoms with Crippen molar-refractivity contribution in [2.24, 2.45) is 0 Å². The molecule has 0 radical (unpaired) electrons. The molecular formula is C32H23F5N2O9S. The number of carboxylic acids is 2. The summed E-state index contributed by atoms with van der Waals surface area (Å²) in [6, 6.07) is 12.4. The maximum absolute atomic E-state index is 15.8. The van der Waals surface area contributed by atoms with Crippen molar-refractivity contribution in [3.63, 3.8) is 0 Å². The number of benzene rings is 3. The number of anilines is 1. The third-order valence-corrected chi connectivity index (χ3v) is 8.03. The van der Waals surface area contributed by atoms with Crippen LogP contribution in [0, 0.1) is 11.6 Å². The zero-order chi connectivity index (χ0) is 36.3. The summed E-state index contributed by atoms with van der Waals surface area (Å²) in [6.45, 7) is -1.35. The Morgan fingerprint density at radius 2 is 1.53 bits per heavy atom. The second kappa shape index (κ2) is 14.1. The quantitative estimate of drug-likeness (QED) is 0.0746. The fourth-order valence-corrected chi connectivity index (χ4v) is 5.38. The van der Waals surface area contributed by atoms with Gasteiger partial charge in [0.05, 0.1) is 11.3 Å². The molecule has 0 aliphatic carbocycles. The summed E-state index contributed by atoms with van der Waals surface area (Å²) in [7, 11) is 2.38. The predicted molar refractivity (Wildman–Crippen MR) is 162 cm³/mol. The van der Waals surface area contributed by atoms with Crippen molar-refractivity contribution in [2.75, 3.05) is 26.0 Å². The number of ether oxygens (including phenoxy) is 2. The lowest BCUT2D eigenvalue weighted by molar-refractivity contribution is -0.160. The molecule has 1 aromatic heterocycles. The van der Waals surface area contributed by atoms with Crippen LogP contribution in [0.5, 0.6) is 5.75 Å². The van der Waals surface area contributed by atoms with E-state index in [9.17, 15) is 47.4 Å². The zero-order valence-corrected chi connectivity index (χ0v) is 25.9. The van der Waals surface area contributed by atoms with Crippen molar-refractivity contribution >= 4 is 46.9 Å². The fraction of sp³-hybridized carbons (Fsp3) is 0.156. The van der Waals surface area contributed by atoms with Gasteiger partial charge in [-0.25, -0.2) is 13.6 Å². The van der Waals surface area contributed by atoms with Gasteiger partial charge in [0.2, 0.25) is 11.2 Å².